The van der Waals surface area contributed by atoms with E-state index in [1.165, 1.54) is 0 Å². The van der Waals surface area contributed by atoms with Gasteiger partial charge in [-0.25, -0.2) is 4.79 Å². The molecule has 3 aromatic rings. The van der Waals surface area contributed by atoms with E-state index in [-0.39, 0.29) is 5.69 Å². The second kappa shape index (κ2) is 6.34. The first-order valence-electron chi connectivity index (χ1n) is 7.22. The van der Waals surface area contributed by atoms with Crippen molar-refractivity contribution in [2.75, 3.05) is 19.0 Å². The van der Waals surface area contributed by atoms with E-state index in [1.807, 2.05) is 43.3 Å². The normalized spacial score (nSPS) is 11.0. The van der Waals surface area contributed by atoms with Crippen LogP contribution in [0.2, 0.25) is 10.0 Å². The molecule has 0 aliphatic carbocycles. The number of aromatic carboxylic acids is 1. The average molecular weight is 364 g/mol. The fourth-order valence-corrected chi connectivity index (χ4v) is 3.13. The molecule has 0 amide bonds. The number of carbonyl (C=O) groups is 1. The molecule has 124 valence electrons. The standard InChI is InChI=1S/C17H15Cl2N3O2/c1-21(2)13-4-3-5-14-15(13)16(17(23)24)20-22(14)9-10-6-7-11(18)8-12(10)19/h3-8H,9H2,1-2H3,(H,23,24). The number of benzene rings is 2. The van der Waals surface area contributed by atoms with E-state index in [4.69, 9.17) is 23.2 Å². The van der Waals surface area contributed by atoms with Crippen molar-refractivity contribution in [1.82, 2.24) is 9.78 Å². The Morgan fingerprint density at radius 2 is 2.00 bits per heavy atom. The molecule has 1 heterocycles. The lowest BCUT2D eigenvalue weighted by atomic mass is 10.1. The van der Waals surface area contributed by atoms with E-state index in [0.717, 1.165) is 16.8 Å². The summed E-state index contributed by atoms with van der Waals surface area (Å²) in [5.41, 5.74) is 2.39. The van der Waals surface area contributed by atoms with Crippen LogP contribution in [0.25, 0.3) is 10.9 Å². The minimum atomic E-state index is -1.06. The van der Waals surface area contributed by atoms with Crippen molar-refractivity contribution in [3.05, 3.63) is 57.7 Å². The van der Waals surface area contributed by atoms with Crippen molar-refractivity contribution in [2.45, 2.75) is 6.54 Å². The van der Waals surface area contributed by atoms with E-state index in [9.17, 15) is 9.90 Å². The number of fused-ring (bicyclic) bond motifs is 1. The van der Waals surface area contributed by atoms with Gasteiger partial charge in [0.05, 0.1) is 17.4 Å². The Kier molecular flexibility index (Phi) is 4.39. The molecular weight excluding hydrogens is 349 g/mol. The van der Waals surface area contributed by atoms with E-state index >= 15 is 0 Å². The molecule has 1 aromatic heterocycles. The van der Waals surface area contributed by atoms with Crippen LogP contribution in [0.4, 0.5) is 5.69 Å². The third kappa shape index (κ3) is 2.92. The number of carboxylic acid groups (broad SMARTS) is 1. The topological polar surface area (TPSA) is 58.4 Å². The maximum atomic E-state index is 11.6. The highest BCUT2D eigenvalue weighted by Crippen LogP contribution is 2.30. The van der Waals surface area contributed by atoms with Gasteiger partial charge in [0.15, 0.2) is 5.69 Å². The van der Waals surface area contributed by atoms with Crippen molar-refractivity contribution in [3.63, 3.8) is 0 Å². The number of hydrogen-bond acceptors (Lipinski definition) is 3. The predicted octanol–water partition coefficient (Wildman–Crippen LogP) is 4.16. The van der Waals surface area contributed by atoms with Gasteiger partial charge in [0.2, 0.25) is 0 Å². The van der Waals surface area contributed by atoms with Gasteiger partial charge in [-0.1, -0.05) is 35.3 Å². The van der Waals surface area contributed by atoms with Crippen LogP contribution in [0.1, 0.15) is 16.1 Å². The van der Waals surface area contributed by atoms with E-state index in [1.54, 1.807) is 16.8 Å². The highest BCUT2D eigenvalue weighted by Gasteiger charge is 2.20. The van der Waals surface area contributed by atoms with Crippen LogP contribution in [-0.4, -0.2) is 35.0 Å². The Labute approximate surface area is 149 Å². The molecule has 0 saturated heterocycles. The van der Waals surface area contributed by atoms with Gasteiger partial charge in [-0.05, 0) is 29.8 Å². The monoisotopic (exact) mass is 363 g/mol. The zero-order chi connectivity index (χ0) is 17.4. The largest absolute Gasteiger partial charge is 0.476 e. The average Bonchev–Trinajstić information content (AvgIpc) is 2.89. The lowest BCUT2D eigenvalue weighted by molar-refractivity contribution is 0.0691. The lowest BCUT2D eigenvalue weighted by Crippen LogP contribution is -2.10. The number of anilines is 1. The minimum absolute atomic E-state index is 0.0272. The summed E-state index contributed by atoms with van der Waals surface area (Å²) in [6.45, 7) is 0.358. The summed E-state index contributed by atoms with van der Waals surface area (Å²) in [6, 6.07) is 10.8. The number of rotatable bonds is 4. The van der Waals surface area contributed by atoms with Crippen LogP contribution in [0.3, 0.4) is 0 Å². The maximum absolute atomic E-state index is 11.6. The van der Waals surface area contributed by atoms with Crippen LogP contribution in [0.15, 0.2) is 36.4 Å². The number of nitrogens with zero attached hydrogens (tertiary/aromatic N) is 3. The van der Waals surface area contributed by atoms with Crippen molar-refractivity contribution >= 4 is 45.8 Å². The zero-order valence-electron chi connectivity index (χ0n) is 13.1. The third-order valence-electron chi connectivity index (χ3n) is 3.78. The first-order chi connectivity index (χ1) is 11.4. The van der Waals surface area contributed by atoms with Gasteiger partial charge in [-0.15, -0.1) is 0 Å². The highest BCUT2D eigenvalue weighted by atomic mass is 35.5. The van der Waals surface area contributed by atoms with Gasteiger partial charge in [0.25, 0.3) is 0 Å². The SMILES string of the molecule is CN(C)c1cccc2c1c(C(=O)O)nn2Cc1ccc(Cl)cc1Cl. The molecule has 2 aromatic carbocycles. The molecule has 3 rings (SSSR count). The first kappa shape index (κ1) is 16.6. The lowest BCUT2D eigenvalue weighted by Gasteiger charge is -2.14. The molecule has 0 bridgehead atoms. The van der Waals surface area contributed by atoms with Crippen LogP contribution >= 0.6 is 23.2 Å². The van der Waals surface area contributed by atoms with E-state index < -0.39 is 5.97 Å². The number of halogens is 2. The summed E-state index contributed by atoms with van der Waals surface area (Å²) in [7, 11) is 3.74. The first-order valence-corrected chi connectivity index (χ1v) is 7.98. The third-order valence-corrected chi connectivity index (χ3v) is 4.36. The molecule has 0 aliphatic rings. The summed E-state index contributed by atoms with van der Waals surface area (Å²) in [5.74, 6) is -1.06. The number of hydrogen-bond donors (Lipinski definition) is 1. The summed E-state index contributed by atoms with van der Waals surface area (Å²) in [6.07, 6.45) is 0. The van der Waals surface area contributed by atoms with E-state index in [2.05, 4.69) is 5.10 Å². The summed E-state index contributed by atoms with van der Waals surface area (Å²) in [5, 5.41) is 15.5. The van der Waals surface area contributed by atoms with E-state index in [0.29, 0.717) is 22.0 Å². The van der Waals surface area contributed by atoms with Gasteiger partial charge in [0.1, 0.15) is 0 Å². The molecular formula is C17H15Cl2N3O2. The fraction of sp³-hybridized carbons (Fsp3) is 0.176. The Balaban J connectivity index is 2.18. The zero-order valence-corrected chi connectivity index (χ0v) is 14.6. The van der Waals surface area contributed by atoms with Crippen molar-refractivity contribution < 1.29 is 9.90 Å². The molecule has 0 aliphatic heterocycles. The van der Waals surface area contributed by atoms with Crippen molar-refractivity contribution in [3.8, 4) is 0 Å². The molecule has 1 N–H and O–H groups in total. The van der Waals surface area contributed by atoms with Crippen LogP contribution in [0.5, 0.6) is 0 Å². The smallest absolute Gasteiger partial charge is 0.357 e. The quantitative estimate of drug-likeness (QED) is 0.756. The highest BCUT2D eigenvalue weighted by molar-refractivity contribution is 6.35. The Morgan fingerprint density at radius 1 is 1.25 bits per heavy atom. The van der Waals surface area contributed by atoms with Gasteiger partial charge in [-0.2, -0.15) is 5.10 Å². The van der Waals surface area contributed by atoms with Gasteiger partial charge in [0, 0.05) is 29.8 Å². The number of aromatic nitrogens is 2. The molecule has 0 fully saturated rings. The molecule has 0 saturated carbocycles. The van der Waals surface area contributed by atoms with Crippen LogP contribution < -0.4 is 4.90 Å². The molecule has 7 heteroatoms. The molecule has 0 radical (unpaired) electrons. The fourth-order valence-electron chi connectivity index (χ4n) is 2.66. The molecule has 0 unspecified atom stereocenters. The van der Waals surface area contributed by atoms with Gasteiger partial charge >= 0.3 is 5.97 Å². The predicted molar refractivity (Wildman–Crippen MR) is 96.6 cm³/mol. The van der Waals surface area contributed by atoms with Crippen LogP contribution in [0, 0.1) is 0 Å². The second-order valence-electron chi connectivity index (χ2n) is 5.61. The summed E-state index contributed by atoms with van der Waals surface area (Å²) >= 11 is 12.2. The Morgan fingerprint density at radius 3 is 2.62 bits per heavy atom. The molecule has 24 heavy (non-hydrogen) atoms. The van der Waals surface area contributed by atoms with Gasteiger partial charge < -0.3 is 10.0 Å². The maximum Gasteiger partial charge on any atom is 0.357 e. The Hall–Kier alpha value is -2.24. The molecule has 0 spiro atoms. The van der Waals surface area contributed by atoms with Crippen molar-refractivity contribution in [2.24, 2.45) is 0 Å². The summed E-state index contributed by atoms with van der Waals surface area (Å²) in [4.78, 5) is 13.5. The van der Waals surface area contributed by atoms with Crippen LogP contribution in [-0.2, 0) is 6.54 Å². The minimum Gasteiger partial charge on any atom is -0.476 e. The second-order valence-corrected chi connectivity index (χ2v) is 6.46. The molecule has 5 nitrogen and oxygen atoms in total. The summed E-state index contributed by atoms with van der Waals surface area (Å²) < 4.78 is 1.65. The van der Waals surface area contributed by atoms with Gasteiger partial charge in [-0.3, -0.25) is 4.68 Å². The molecule has 0 atom stereocenters. The Bertz CT molecular complexity index is 935. The van der Waals surface area contributed by atoms with Crippen molar-refractivity contribution in [1.29, 1.82) is 0 Å². The number of carboxylic acids is 1.